The molecule has 35 heavy (non-hydrogen) atoms. The highest BCUT2D eigenvalue weighted by Crippen LogP contribution is 2.28. The van der Waals surface area contributed by atoms with E-state index in [2.05, 4.69) is 15.4 Å². The van der Waals surface area contributed by atoms with Crippen LogP contribution in [0.1, 0.15) is 34.5 Å². The summed E-state index contributed by atoms with van der Waals surface area (Å²) < 4.78 is 7.51. The van der Waals surface area contributed by atoms with Crippen molar-refractivity contribution in [1.82, 2.24) is 25.0 Å². The molecule has 0 radical (unpaired) electrons. The lowest BCUT2D eigenvalue weighted by molar-refractivity contribution is -0.126. The molecule has 0 unspecified atom stereocenters. The van der Waals surface area contributed by atoms with Gasteiger partial charge in [0.1, 0.15) is 11.5 Å². The van der Waals surface area contributed by atoms with Crippen molar-refractivity contribution < 1.29 is 14.0 Å². The topological polar surface area (TPSA) is 93.3 Å². The average Bonchev–Trinajstić information content (AvgIpc) is 3.55. The predicted octanol–water partition coefficient (Wildman–Crippen LogP) is 4.00. The van der Waals surface area contributed by atoms with E-state index in [0.29, 0.717) is 49.5 Å². The molecule has 4 aromatic rings. The number of pyridine rings is 1. The monoisotopic (exact) mass is 469 g/mol. The van der Waals surface area contributed by atoms with Crippen LogP contribution in [-0.2, 0) is 11.3 Å². The van der Waals surface area contributed by atoms with Crippen LogP contribution in [0, 0.1) is 12.8 Å². The lowest BCUT2D eigenvalue weighted by Gasteiger charge is -2.31. The van der Waals surface area contributed by atoms with Crippen molar-refractivity contribution in [3.05, 3.63) is 90.1 Å². The minimum atomic E-state index is -0.116. The molecule has 3 aromatic heterocycles. The second kappa shape index (κ2) is 9.97. The zero-order chi connectivity index (χ0) is 24.2. The number of furan rings is 1. The third-order valence-electron chi connectivity index (χ3n) is 6.28. The number of aryl methyl sites for hydroxylation is 1. The number of aromatic nitrogens is 3. The van der Waals surface area contributed by atoms with Gasteiger partial charge < -0.3 is 14.6 Å². The first kappa shape index (κ1) is 22.6. The molecule has 1 N–H and O–H groups in total. The molecule has 8 heteroatoms. The van der Waals surface area contributed by atoms with E-state index in [4.69, 9.17) is 4.42 Å². The van der Waals surface area contributed by atoms with Gasteiger partial charge in [-0.05, 0) is 55.7 Å². The summed E-state index contributed by atoms with van der Waals surface area (Å²) >= 11 is 0. The number of para-hydroxylation sites is 1. The number of amides is 2. The Morgan fingerprint density at radius 1 is 1.06 bits per heavy atom. The summed E-state index contributed by atoms with van der Waals surface area (Å²) in [5, 5.41) is 7.67. The number of rotatable bonds is 6. The summed E-state index contributed by atoms with van der Waals surface area (Å²) in [4.78, 5) is 32.1. The van der Waals surface area contributed by atoms with Crippen molar-refractivity contribution in [2.75, 3.05) is 13.1 Å². The predicted molar refractivity (Wildman–Crippen MR) is 131 cm³/mol. The van der Waals surface area contributed by atoms with Gasteiger partial charge in [0.05, 0.1) is 11.3 Å². The highest BCUT2D eigenvalue weighted by Gasteiger charge is 2.30. The van der Waals surface area contributed by atoms with Crippen molar-refractivity contribution in [2.45, 2.75) is 26.3 Å². The van der Waals surface area contributed by atoms with Crippen molar-refractivity contribution in [3.8, 4) is 17.1 Å². The van der Waals surface area contributed by atoms with Crippen molar-refractivity contribution in [3.63, 3.8) is 0 Å². The second-order valence-corrected chi connectivity index (χ2v) is 8.73. The maximum atomic E-state index is 13.6. The van der Waals surface area contributed by atoms with Crippen LogP contribution in [0.15, 0.2) is 77.6 Å². The van der Waals surface area contributed by atoms with E-state index < -0.39 is 0 Å². The van der Waals surface area contributed by atoms with Gasteiger partial charge >= 0.3 is 0 Å². The minimum absolute atomic E-state index is 0.0181. The van der Waals surface area contributed by atoms with Crippen LogP contribution in [0.3, 0.4) is 0 Å². The van der Waals surface area contributed by atoms with Crippen LogP contribution >= 0.6 is 0 Å². The van der Waals surface area contributed by atoms with E-state index in [1.165, 1.54) is 0 Å². The molecule has 1 fully saturated rings. The zero-order valence-corrected chi connectivity index (χ0v) is 19.6. The molecule has 1 saturated heterocycles. The lowest BCUT2D eigenvalue weighted by Crippen LogP contribution is -2.43. The first-order chi connectivity index (χ1) is 17.1. The maximum Gasteiger partial charge on any atom is 0.257 e. The van der Waals surface area contributed by atoms with Gasteiger partial charge in [-0.3, -0.25) is 14.6 Å². The molecule has 178 valence electrons. The van der Waals surface area contributed by atoms with Crippen LogP contribution in [-0.4, -0.2) is 44.6 Å². The van der Waals surface area contributed by atoms with Crippen molar-refractivity contribution in [1.29, 1.82) is 0 Å². The highest BCUT2D eigenvalue weighted by atomic mass is 16.3. The minimum Gasteiger partial charge on any atom is -0.460 e. The van der Waals surface area contributed by atoms with Crippen LogP contribution in [0.2, 0.25) is 0 Å². The van der Waals surface area contributed by atoms with Gasteiger partial charge in [-0.1, -0.05) is 24.3 Å². The molecule has 0 saturated carbocycles. The van der Waals surface area contributed by atoms with E-state index in [1.54, 1.807) is 28.2 Å². The normalized spacial score (nSPS) is 14.1. The Morgan fingerprint density at radius 2 is 1.86 bits per heavy atom. The molecule has 4 heterocycles. The van der Waals surface area contributed by atoms with Crippen molar-refractivity contribution >= 4 is 11.8 Å². The fraction of sp³-hybridized carbons (Fsp3) is 0.259. The number of carbonyl (C=O) groups is 2. The summed E-state index contributed by atoms with van der Waals surface area (Å²) in [7, 11) is 0. The molecule has 0 spiro atoms. The van der Waals surface area contributed by atoms with Gasteiger partial charge in [0, 0.05) is 44.1 Å². The number of hydrogen-bond donors (Lipinski definition) is 1. The Balaban J connectivity index is 1.29. The first-order valence-electron chi connectivity index (χ1n) is 11.8. The Labute approximate surface area is 203 Å². The van der Waals surface area contributed by atoms with Crippen LogP contribution in [0.5, 0.6) is 0 Å². The van der Waals surface area contributed by atoms with E-state index in [0.717, 1.165) is 17.0 Å². The molecule has 0 bridgehead atoms. The van der Waals surface area contributed by atoms with Gasteiger partial charge in [0.2, 0.25) is 5.91 Å². The van der Waals surface area contributed by atoms with Gasteiger partial charge in [-0.25, -0.2) is 4.68 Å². The van der Waals surface area contributed by atoms with E-state index in [-0.39, 0.29) is 17.7 Å². The van der Waals surface area contributed by atoms with E-state index in [1.807, 2.05) is 61.5 Å². The average molecular weight is 470 g/mol. The van der Waals surface area contributed by atoms with E-state index in [9.17, 15) is 9.59 Å². The third-order valence-corrected chi connectivity index (χ3v) is 6.28. The Morgan fingerprint density at radius 3 is 2.54 bits per heavy atom. The summed E-state index contributed by atoms with van der Waals surface area (Å²) in [5.41, 5.74) is 2.83. The number of hydrogen-bond acceptors (Lipinski definition) is 5. The lowest BCUT2D eigenvalue weighted by atomic mass is 9.95. The molecule has 1 aromatic carbocycles. The molecular weight excluding hydrogens is 442 g/mol. The van der Waals surface area contributed by atoms with Crippen LogP contribution in [0.4, 0.5) is 0 Å². The SMILES string of the molecule is Cc1ccc(-c2nn(-c3ccccc3)cc2C(=O)N2CCC(C(=O)NCc3cccnc3)CC2)o1. The largest absolute Gasteiger partial charge is 0.460 e. The molecule has 1 aliphatic rings. The number of piperidine rings is 1. The maximum absolute atomic E-state index is 13.6. The highest BCUT2D eigenvalue weighted by molar-refractivity contribution is 5.99. The molecule has 2 amide bonds. The van der Waals surface area contributed by atoms with Gasteiger partial charge in [0.15, 0.2) is 5.76 Å². The fourth-order valence-electron chi connectivity index (χ4n) is 4.34. The third kappa shape index (κ3) is 5.01. The molecule has 0 atom stereocenters. The number of likely N-dealkylation sites (tertiary alicyclic amines) is 1. The molecule has 1 aliphatic heterocycles. The van der Waals surface area contributed by atoms with Crippen LogP contribution < -0.4 is 5.32 Å². The summed E-state index contributed by atoms with van der Waals surface area (Å²) in [5.74, 6) is 1.11. The smallest absolute Gasteiger partial charge is 0.257 e. The quantitative estimate of drug-likeness (QED) is 0.461. The summed E-state index contributed by atoms with van der Waals surface area (Å²) in [6.45, 7) is 3.34. The van der Waals surface area contributed by atoms with Gasteiger partial charge in [-0.15, -0.1) is 0 Å². The molecule has 5 rings (SSSR count). The molecule has 8 nitrogen and oxygen atoms in total. The Kier molecular flexibility index (Phi) is 6.43. The van der Waals surface area contributed by atoms with E-state index >= 15 is 0 Å². The van der Waals surface area contributed by atoms with Crippen LogP contribution in [0.25, 0.3) is 17.1 Å². The Hall–Kier alpha value is -4.20. The zero-order valence-electron chi connectivity index (χ0n) is 19.6. The molecule has 0 aliphatic carbocycles. The summed E-state index contributed by atoms with van der Waals surface area (Å²) in [6.07, 6.45) is 6.45. The standard InChI is InChI=1S/C27H27N5O3/c1-19-9-10-24(35-19)25-23(18-32(30-25)22-7-3-2-4-8-22)27(34)31-14-11-21(12-15-31)26(33)29-17-20-6-5-13-28-16-20/h2-10,13,16,18,21H,11-12,14-15,17H2,1H3,(H,29,33). The number of benzene rings is 1. The van der Waals surface area contributed by atoms with Gasteiger partial charge in [-0.2, -0.15) is 5.10 Å². The van der Waals surface area contributed by atoms with Gasteiger partial charge in [0.25, 0.3) is 5.91 Å². The second-order valence-electron chi connectivity index (χ2n) is 8.73. The summed E-state index contributed by atoms with van der Waals surface area (Å²) in [6, 6.07) is 17.2. The van der Waals surface area contributed by atoms with Crippen molar-refractivity contribution in [2.24, 2.45) is 5.92 Å². The number of nitrogens with one attached hydrogen (secondary N) is 1. The number of nitrogens with zero attached hydrogens (tertiary/aromatic N) is 4. The first-order valence-corrected chi connectivity index (χ1v) is 11.8. The fourth-order valence-corrected chi connectivity index (χ4v) is 4.34. The Bertz CT molecular complexity index is 1310. The number of carbonyl (C=O) groups excluding carboxylic acids is 2. The molecular formula is C27H27N5O3.